The molecule has 5 nitrogen and oxygen atoms in total. The van der Waals surface area contributed by atoms with Crippen molar-refractivity contribution in [3.63, 3.8) is 0 Å². The summed E-state index contributed by atoms with van der Waals surface area (Å²) < 4.78 is 10.8. The number of aryl methyl sites for hydroxylation is 3. The fourth-order valence-corrected chi connectivity index (χ4v) is 3.29. The van der Waals surface area contributed by atoms with Gasteiger partial charge in [0.2, 0.25) is 0 Å². The van der Waals surface area contributed by atoms with Crippen LogP contribution in [0.1, 0.15) is 34.0 Å². The van der Waals surface area contributed by atoms with Gasteiger partial charge in [-0.05, 0) is 61.6 Å². The Labute approximate surface area is 183 Å². The van der Waals surface area contributed by atoms with Gasteiger partial charge in [0.05, 0.1) is 18.4 Å². The van der Waals surface area contributed by atoms with Crippen molar-refractivity contribution in [2.24, 2.45) is 0 Å². The predicted octanol–water partition coefficient (Wildman–Crippen LogP) is 4.97. The van der Waals surface area contributed by atoms with E-state index in [1.54, 1.807) is 25.1 Å². The molecule has 3 aromatic carbocycles. The zero-order chi connectivity index (χ0) is 22.2. The number of esters is 1. The number of rotatable bonds is 8. The van der Waals surface area contributed by atoms with E-state index in [1.165, 1.54) is 12.7 Å². The predicted molar refractivity (Wildman–Crippen MR) is 122 cm³/mol. The maximum absolute atomic E-state index is 12.8. The number of carbonyl (C=O) groups excluding carboxylic acids is 2. The molecular weight excluding hydrogens is 390 g/mol. The topological polar surface area (TPSA) is 64.6 Å². The standard InChI is InChI=1S/C26H27NO4/c1-18-13-16-24(30-3)23(17-18)27-25(28)19(2)31-26(29)22-12-8-7-11-21(22)15-14-20-9-5-4-6-10-20/h4-13,16-17,19H,14-15H2,1-3H3,(H,27,28). The lowest BCUT2D eigenvalue weighted by atomic mass is 10.00. The summed E-state index contributed by atoms with van der Waals surface area (Å²) in [6.07, 6.45) is 0.560. The molecule has 0 aliphatic rings. The highest BCUT2D eigenvalue weighted by atomic mass is 16.5. The SMILES string of the molecule is COc1ccc(C)cc1NC(=O)C(C)OC(=O)c1ccccc1CCc1ccccc1. The molecule has 0 aromatic heterocycles. The lowest BCUT2D eigenvalue weighted by Crippen LogP contribution is -2.30. The van der Waals surface area contributed by atoms with Gasteiger partial charge >= 0.3 is 5.97 Å². The van der Waals surface area contributed by atoms with Crippen LogP contribution in [0.5, 0.6) is 5.75 Å². The lowest BCUT2D eigenvalue weighted by molar-refractivity contribution is -0.123. The van der Waals surface area contributed by atoms with Gasteiger partial charge in [-0.2, -0.15) is 0 Å². The summed E-state index contributed by atoms with van der Waals surface area (Å²) in [6, 6.07) is 22.9. The molecule has 0 saturated carbocycles. The first-order valence-corrected chi connectivity index (χ1v) is 10.3. The van der Waals surface area contributed by atoms with E-state index in [0.717, 1.165) is 17.5 Å². The van der Waals surface area contributed by atoms with Gasteiger partial charge in [-0.1, -0.05) is 54.6 Å². The Morgan fingerprint density at radius 1 is 0.935 bits per heavy atom. The molecule has 160 valence electrons. The highest BCUT2D eigenvalue weighted by Crippen LogP contribution is 2.25. The van der Waals surface area contributed by atoms with Crippen LogP contribution in [0, 0.1) is 6.92 Å². The molecule has 1 atom stereocenters. The summed E-state index contributed by atoms with van der Waals surface area (Å²) in [5, 5.41) is 2.78. The van der Waals surface area contributed by atoms with E-state index in [1.807, 2.05) is 49.4 Å². The van der Waals surface area contributed by atoms with Crippen LogP contribution in [0.3, 0.4) is 0 Å². The quantitative estimate of drug-likeness (QED) is 0.526. The molecule has 0 spiro atoms. The van der Waals surface area contributed by atoms with Crippen LogP contribution in [0.25, 0.3) is 0 Å². The molecular formula is C26H27NO4. The first kappa shape index (κ1) is 22.1. The van der Waals surface area contributed by atoms with Crippen LogP contribution in [-0.2, 0) is 22.4 Å². The van der Waals surface area contributed by atoms with Crippen molar-refractivity contribution in [3.05, 3.63) is 95.1 Å². The van der Waals surface area contributed by atoms with E-state index in [9.17, 15) is 9.59 Å². The normalized spacial score (nSPS) is 11.5. The smallest absolute Gasteiger partial charge is 0.339 e. The monoisotopic (exact) mass is 417 g/mol. The van der Waals surface area contributed by atoms with Crippen LogP contribution >= 0.6 is 0 Å². The van der Waals surface area contributed by atoms with E-state index >= 15 is 0 Å². The molecule has 0 aliphatic heterocycles. The first-order valence-electron chi connectivity index (χ1n) is 10.3. The summed E-state index contributed by atoms with van der Waals surface area (Å²) in [4.78, 5) is 25.4. The number of anilines is 1. The van der Waals surface area contributed by atoms with E-state index in [4.69, 9.17) is 9.47 Å². The maximum atomic E-state index is 12.8. The maximum Gasteiger partial charge on any atom is 0.339 e. The number of amides is 1. The zero-order valence-electron chi connectivity index (χ0n) is 18.1. The van der Waals surface area contributed by atoms with Crippen molar-refractivity contribution in [2.45, 2.75) is 32.8 Å². The van der Waals surface area contributed by atoms with Gasteiger partial charge in [0, 0.05) is 0 Å². The van der Waals surface area contributed by atoms with Crippen molar-refractivity contribution in [1.29, 1.82) is 0 Å². The van der Waals surface area contributed by atoms with Gasteiger partial charge < -0.3 is 14.8 Å². The average molecular weight is 418 g/mol. The molecule has 31 heavy (non-hydrogen) atoms. The molecule has 3 aromatic rings. The van der Waals surface area contributed by atoms with Crippen LogP contribution in [0.4, 0.5) is 5.69 Å². The molecule has 3 rings (SSSR count). The minimum absolute atomic E-state index is 0.418. The molecule has 0 fully saturated rings. The van der Waals surface area contributed by atoms with E-state index < -0.39 is 18.0 Å². The number of benzene rings is 3. The summed E-state index contributed by atoms with van der Waals surface area (Å²) in [6.45, 7) is 3.48. The highest BCUT2D eigenvalue weighted by molar-refractivity contribution is 5.98. The van der Waals surface area contributed by atoms with Crippen molar-refractivity contribution in [2.75, 3.05) is 12.4 Å². The van der Waals surface area contributed by atoms with Crippen LogP contribution < -0.4 is 10.1 Å². The molecule has 1 N–H and O–H groups in total. The number of methoxy groups -OCH3 is 1. The minimum atomic E-state index is -0.958. The third-order valence-corrected chi connectivity index (χ3v) is 5.03. The molecule has 0 aliphatic carbocycles. The molecule has 0 bridgehead atoms. The summed E-state index contributed by atoms with van der Waals surface area (Å²) in [7, 11) is 1.54. The van der Waals surface area contributed by atoms with Crippen LogP contribution in [0.2, 0.25) is 0 Å². The van der Waals surface area contributed by atoms with Crippen molar-refractivity contribution in [3.8, 4) is 5.75 Å². The number of hydrogen-bond acceptors (Lipinski definition) is 4. The van der Waals surface area contributed by atoms with Crippen molar-refractivity contribution >= 4 is 17.6 Å². The highest BCUT2D eigenvalue weighted by Gasteiger charge is 2.21. The van der Waals surface area contributed by atoms with Gasteiger partial charge in [0.15, 0.2) is 6.10 Å². The third kappa shape index (κ3) is 5.95. The Hall–Kier alpha value is -3.60. The van der Waals surface area contributed by atoms with E-state index in [0.29, 0.717) is 23.4 Å². The van der Waals surface area contributed by atoms with Gasteiger partial charge in [-0.15, -0.1) is 0 Å². The number of ether oxygens (including phenoxy) is 2. The Bertz CT molecular complexity index is 1050. The van der Waals surface area contributed by atoms with Crippen molar-refractivity contribution < 1.29 is 19.1 Å². The molecule has 0 radical (unpaired) electrons. The molecule has 1 amide bonds. The number of nitrogens with one attached hydrogen (secondary N) is 1. The number of hydrogen-bond donors (Lipinski definition) is 1. The largest absolute Gasteiger partial charge is 0.495 e. The first-order chi connectivity index (χ1) is 15.0. The van der Waals surface area contributed by atoms with Gasteiger partial charge in [0.1, 0.15) is 5.75 Å². The van der Waals surface area contributed by atoms with Gasteiger partial charge in [-0.3, -0.25) is 4.79 Å². The van der Waals surface area contributed by atoms with Gasteiger partial charge in [0.25, 0.3) is 5.91 Å². The summed E-state index contributed by atoms with van der Waals surface area (Å²) in [5.74, 6) is -0.384. The number of carbonyl (C=O) groups is 2. The second-order valence-corrected chi connectivity index (χ2v) is 7.38. The Balaban J connectivity index is 1.66. The van der Waals surface area contributed by atoms with Crippen LogP contribution in [0.15, 0.2) is 72.8 Å². The molecule has 5 heteroatoms. The van der Waals surface area contributed by atoms with Gasteiger partial charge in [-0.25, -0.2) is 4.79 Å². The average Bonchev–Trinajstić information content (AvgIpc) is 2.78. The Kier molecular flexibility index (Phi) is 7.44. The van der Waals surface area contributed by atoms with Crippen molar-refractivity contribution in [1.82, 2.24) is 0 Å². The summed E-state index contributed by atoms with van der Waals surface area (Å²) in [5.41, 5.74) is 4.09. The Morgan fingerprint density at radius 3 is 2.39 bits per heavy atom. The second-order valence-electron chi connectivity index (χ2n) is 7.38. The fraction of sp³-hybridized carbons (Fsp3) is 0.231. The van der Waals surface area contributed by atoms with Crippen LogP contribution in [-0.4, -0.2) is 25.1 Å². The second kappa shape index (κ2) is 10.4. The Morgan fingerprint density at radius 2 is 1.65 bits per heavy atom. The zero-order valence-corrected chi connectivity index (χ0v) is 18.1. The molecule has 1 unspecified atom stereocenters. The lowest BCUT2D eigenvalue weighted by Gasteiger charge is -2.16. The third-order valence-electron chi connectivity index (χ3n) is 5.03. The minimum Gasteiger partial charge on any atom is -0.495 e. The van der Waals surface area contributed by atoms with E-state index in [2.05, 4.69) is 17.4 Å². The van der Waals surface area contributed by atoms with E-state index in [-0.39, 0.29) is 0 Å². The fourth-order valence-electron chi connectivity index (χ4n) is 3.29. The molecule has 0 heterocycles. The molecule has 0 saturated heterocycles. The summed E-state index contributed by atoms with van der Waals surface area (Å²) >= 11 is 0.